The van der Waals surface area contributed by atoms with Gasteiger partial charge < -0.3 is 21.4 Å². The first-order chi connectivity index (χ1) is 11.3. The van der Waals surface area contributed by atoms with Crippen LogP contribution >= 0.6 is 0 Å². The molecule has 1 atom stereocenters. The molecule has 5 N–H and O–H groups in total. The van der Waals surface area contributed by atoms with E-state index in [9.17, 15) is 0 Å². The van der Waals surface area contributed by atoms with Crippen LogP contribution in [0.5, 0.6) is 0 Å². The minimum absolute atomic E-state index is 0.451. The summed E-state index contributed by atoms with van der Waals surface area (Å²) in [4.78, 5) is 3.53. The van der Waals surface area contributed by atoms with Gasteiger partial charge in [0.25, 0.3) is 0 Å². The molecule has 1 aromatic heterocycles. The number of benzene rings is 2. The summed E-state index contributed by atoms with van der Waals surface area (Å²) in [5.41, 5.74) is 12.0. The van der Waals surface area contributed by atoms with Crippen LogP contribution < -0.4 is 16.4 Å². The Bertz CT molecular complexity index is 821. The largest absolute Gasteiger partial charge is 0.398 e. The zero-order chi connectivity index (χ0) is 15.6. The maximum Gasteiger partial charge on any atom is 0.0459 e. The number of fused-ring (bicyclic) bond motifs is 3. The Morgan fingerprint density at radius 3 is 2.83 bits per heavy atom. The summed E-state index contributed by atoms with van der Waals surface area (Å²) in [6, 6.07) is 17.0. The molecule has 0 amide bonds. The van der Waals surface area contributed by atoms with E-state index in [0.717, 1.165) is 37.3 Å². The molecule has 23 heavy (non-hydrogen) atoms. The number of hydrogen-bond donors (Lipinski definition) is 4. The Labute approximate surface area is 136 Å². The van der Waals surface area contributed by atoms with Gasteiger partial charge in [0.2, 0.25) is 0 Å². The van der Waals surface area contributed by atoms with Crippen molar-refractivity contribution >= 4 is 16.6 Å². The number of nitrogen functional groups attached to an aromatic ring is 1. The molecule has 3 aromatic rings. The number of nitrogens with two attached hydrogens (primary N) is 1. The lowest BCUT2D eigenvalue weighted by Crippen LogP contribution is -2.42. The molecular weight excluding hydrogens is 284 g/mol. The first-order valence-electron chi connectivity index (χ1n) is 8.17. The molecule has 4 heteroatoms. The number of aromatic amines is 1. The summed E-state index contributed by atoms with van der Waals surface area (Å²) in [6.07, 6.45) is 1.05. The third-order valence-electron chi connectivity index (χ3n) is 4.68. The van der Waals surface area contributed by atoms with Gasteiger partial charge in [0.05, 0.1) is 0 Å². The van der Waals surface area contributed by atoms with E-state index in [2.05, 4.69) is 45.9 Å². The van der Waals surface area contributed by atoms with Crippen molar-refractivity contribution in [2.24, 2.45) is 0 Å². The highest BCUT2D eigenvalue weighted by atomic mass is 15.0. The molecule has 0 bridgehead atoms. The molecule has 1 aliphatic rings. The van der Waals surface area contributed by atoms with Gasteiger partial charge in [-0.25, -0.2) is 0 Å². The van der Waals surface area contributed by atoms with Crippen LogP contribution in [0.25, 0.3) is 10.9 Å². The van der Waals surface area contributed by atoms with Crippen molar-refractivity contribution in [1.82, 2.24) is 15.6 Å². The fourth-order valence-electron chi connectivity index (χ4n) is 3.43. The summed E-state index contributed by atoms with van der Waals surface area (Å²) in [5.74, 6) is 0. The summed E-state index contributed by atoms with van der Waals surface area (Å²) in [5, 5.41) is 8.51. The van der Waals surface area contributed by atoms with Crippen molar-refractivity contribution < 1.29 is 0 Å². The smallest absolute Gasteiger partial charge is 0.0459 e. The second-order valence-electron chi connectivity index (χ2n) is 6.24. The fourth-order valence-corrected chi connectivity index (χ4v) is 3.43. The average Bonchev–Trinajstić information content (AvgIpc) is 2.95. The number of hydrogen-bond acceptors (Lipinski definition) is 3. The Hall–Kier alpha value is -2.30. The predicted octanol–water partition coefficient (Wildman–Crippen LogP) is 2.55. The van der Waals surface area contributed by atoms with E-state index < -0.39 is 0 Å². The quantitative estimate of drug-likeness (QED) is 0.560. The molecule has 2 heterocycles. The number of rotatable bonds is 4. The predicted molar refractivity (Wildman–Crippen MR) is 95.2 cm³/mol. The number of para-hydroxylation sites is 2. The zero-order valence-corrected chi connectivity index (χ0v) is 13.1. The van der Waals surface area contributed by atoms with E-state index in [4.69, 9.17) is 5.73 Å². The molecule has 4 nitrogen and oxygen atoms in total. The minimum Gasteiger partial charge on any atom is -0.398 e. The summed E-state index contributed by atoms with van der Waals surface area (Å²) in [6.45, 7) is 2.66. The van der Waals surface area contributed by atoms with Gasteiger partial charge in [-0.1, -0.05) is 36.4 Å². The highest BCUT2D eigenvalue weighted by Gasteiger charge is 2.21. The van der Waals surface area contributed by atoms with Crippen LogP contribution in [0.2, 0.25) is 0 Å². The molecule has 0 radical (unpaired) electrons. The van der Waals surface area contributed by atoms with Crippen molar-refractivity contribution in [1.29, 1.82) is 0 Å². The van der Waals surface area contributed by atoms with E-state index in [1.165, 1.54) is 22.2 Å². The van der Waals surface area contributed by atoms with Crippen LogP contribution in [0.15, 0.2) is 48.5 Å². The second kappa shape index (κ2) is 6.07. The number of nitrogens with one attached hydrogen (secondary N) is 3. The van der Waals surface area contributed by atoms with Gasteiger partial charge in [0.15, 0.2) is 0 Å². The van der Waals surface area contributed by atoms with Crippen LogP contribution in [0.1, 0.15) is 16.8 Å². The molecule has 118 valence electrons. The van der Waals surface area contributed by atoms with E-state index in [1.54, 1.807) is 0 Å². The maximum atomic E-state index is 5.99. The first kappa shape index (κ1) is 14.3. The Balaban J connectivity index is 1.41. The van der Waals surface area contributed by atoms with Gasteiger partial charge >= 0.3 is 0 Å². The van der Waals surface area contributed by atoms with Gasteiger partial charge in [-0.15, -0.1) is 0 Å². The molecule has 1 aliphatic heterocycles. The van der Waals surface area contributed by atoms with Crippen LogP contribution in [-0.4, -0.2) is 17.6 Å². The summed E-state index contributed by atoms with van der Waals surface area (Å²) < 4.78 is 0. The third-order valence-corrected chi connectivity index (χ3v) is 4.68. The fraction of sp³-hybridized carbons (Fsp3) is 0.263. The molecule has 4 rings (SSSR count). The minimum atomic E-state index is 0.451. The van der Waals surface area contributed by atoms with Crippen LogP contribution in [0, 0.1) is 0 Å². The molecule has 0 fully saturated rings. The molecule has 2 aromatic carbocycles. The van der Waals surface area contributed by atoms with E-state index in [-0.39, 0.29) is 0 Å². The van der Waals surface area contributed by atoms with Gasteiger partial charge in [0, 0.05) is 48.0 Å². The SMILES string of the molecule is Nc1ccccc1CNCC1Cc2c([nH]c3ccccc23)CN1. The second-order valence-corrected chi connectivity index (χ2v) is 6.24. The van der Waals surface area contributed by atoms with Crippen molar-refractivity contribution in [3.63, 3.8) is 0 Å². The molecular formula is C19H22N4. The Morgan fingerprint density at radius 2 is 1.91 bits per heavy atom. The highest BCUT2D eigenvalue weighted by molar-refractivity contribution is 5.84. The van der Waals surface area contributed by atoms with Gasteiger partial charge in [-0.05, 0) is 29.7 Å². The van der Waals surface area contributed by atoms with E-state index in [0.29, 0.717) is 6.04 Å². The first-order valence-corrected chi connectivity index (χ1v) is 8.17. The molecule has 0 saturated heterocycles. The normalized spacial score (nSPS) is 17.3. The van der Waals surface area contributed by atoms with Crippen LogP contribution in [0.3, 0.4) is 0 Å². The monoisotopic (exact) mass is 306 g/mol. The number of anilines is 1. The zero-order valence-electron chi connectivity index (χ0n) is 13.1. The number of aromatic nitrogens is 1. The average molecular weight is 306 g/mol. The van der Waals surface area contributed by atoms with Gasteiger partial charge in [-0.3, -0.25) is 0 Å². The highest BCUT2D eigenvalue weighted by Crippen LogP contribution is 2.26. The number of H-pyrrole nitrogens is 1. The van der Waals surface area contributed by atoms with Crippen molar-refractivity contribution in [3.05, 3.63) is 65.4 Å². The van der Waals surface area contributed by atoms with E-state index >= 15 is 0 Å². The lowest BCUT2D eigenvalue weighted by Gasteiger charge is -2.24. The van der Waals surface area contributed by atoms with Crippen LogP contribution in [-0.2, 0) is 19.5 Å². The summed E-state index contributed by atoms with van der Waals surface area (Å²) >= 11 is 0. The maximum absolute atomic E-state index is 5.99. The van der Waals surface area contributed by atoms with E-state index in [1.807, 2.05) is 18.2 Å². The molecule has 1 unspecified atom stereocenters. The lowest BCUT2D eigenvalue weighted by molar-refractivity contribution is 0.446. The Morgan fingerprint density at radius 1 is 1.09 bits per heavy atom. The third kappa shape index (κ3) is 2.83. The Kier molecular flexibility index (Phi) is 3.77. The molecule has 0 aliphatic carbocycles. The van der Waals surface area contributed by atoms with Crippen molar-refractivity contribution in [2.75, 3.05) is 12.3 Å². The molecule has 0 spiro atoms. The molecule has 0 saturated carbocycles. The van der Waals surface area contributed by atoms with Crippen LogP contribution in [0.4, 0.5) is 5.69 Å². The van der Waals surface area contributed by atoms with Crippen molar-refractivity contribution in [2.45, 2.75) is 25.6 Å². The van der Waals surface area contributed by atoms with Crippen molar-refractivity contribution in [3.8, 4) is 0 Å². The topological polar surface area (TPSA) is 65.9 Å². The summed E-state index contributed by atoms with van der Waals surface area (Å²) in [7, 11) is 0. The van der Waals surface area contributed by atoms with Gasteiger partial charge in [0.1, 0.15) is 0 Å². The lowest BCUT2D eigenvalue weighted by atomic mass is 9.98. The van der Waals surface area contributed by atoms with Gasteiger partial charge in [-0.2, -0.15) is 0 Å². The standard InChI is InChI=1S/C19H22N4/c20-17-7-3-1-5-13(17)10-21-11-14-9-16-15-6-2-4-8-18(15)23-19(16)12-22-14/h1-8,14,21-23H,9-12,20H2.